The van der Waals surface area contributed by atoms with Gasteiger partial charge in [0.2, 0.25) is 0 Å². The van der Waals surface area contributed by atoms with E-state index in [1.807, 2.05) is 48.4 Å². The molecule has 0 spiro atoms. The number of benzene rings is 1. The molecule has 0 bridgehead atoms. The number of methoxy groups -OCH3 is 1. The summed E-state index contributed by atoms with van der Waals surface area (Å²) in [5, 5.41) is 9.77. The minimum atomic E-state index is -0.756. The Morgan fingerprint density at radius 3 is 2.84 bits per heavy atom. The fraction of sp³-hybridized carbons (Fsp3) is 0.333. The topological polar surface area (TPSA) is 113 Å². The van der Waals surface area contributed by atoms with E-state index >= 15 is 0 Å². The van der Waals surface area contributed by atoms with E-state index in [9.17, 15) is 4.79 Å². The number of aryl methyl sites for hydroxylation is 1. The molecule has 2 N–H and O–H groups in total. The number of rotatable bonds is 7. The third-order valence-corrected chi connectivity index (χ3v) is 5.86. The molecule has 0 saturated carbocycles. The number of amides is 1. The molecule has 31 heavy (non-hydrogen) atoms. The van der Waals surface area contributed by atoms with Crippen LogP contribution in [-0.4, -0.2) is 54.4 Å². The summed E-state index contributed by atoms with van der Waals surface area (Å²) in [4.78, 5) is 18.4. The molecular formula is C21H23N5O4S. The summed E-state index contributed by atoms with van der Waals surface area (Å²) >= 11 is 1.62. The quantitative estimate of drug-likeness (QED) is 0.556. The molecule has 4 rings (SSSR count). The molecule has 9 nitrogen and oxygen atoms in total. The van der Waals surface area contributed by atoms with Crippen molar-refractivity contribution in [2.45, 2.75) is 19.4 Å². The zero-order valence-electron chi connectivity index (χ0n) is 17.3. The molecule has 1 atom stereocenters. The third-order valence-electron chi connectivity index (χ3n) is 4.90. The fourth-order valence-electron chi connectivity index (χ4n) is 3.46. The first-order valence-electron chi connectivity index (χ1n) is 9.77. The number of ether oxygens (including phenoxy) is 3. The predicted octanol–water partition coefficient (Wildman–Crippen LogP) is 3.23. The van der Waals surface area contributed by atoms with Crippen LogP contribution in [0.1, 0.15) is 11.4 Å². The smallest absolute Gasteiger partial charge is 0.404 e. The summed E-state index contributed by atoms with van der Waals surface area (Å²) in [7, 11) is 1.58. The first-order chi connectivity index (χ1) is 15.0. The Hall–Kier alpha value is -3.24. The Morgan fingerprint density at radius 2 is 2.16 bits per heavy atom. The summed E-state index contributed by atoms with van der Waals surface area (Å²) in [6, 6.07) is 9.74. The maximum atomic E-state index is 11.0. The van der Waals surface area contributed by atoms with Gasteiger partial charge in [-0.25, -0.2) is 9.78 Å². The number of carbonyl (C=O) groups is 1. The van der Waals surface area contributed by atoms with Crippen molar-refractivity contribution >= 4 is 23.2 Å². The second kappa shape index (κ2) is 9.27. The van der Waals surface area contributed by atoms with Crippen LogP contribution < -0.4 is 15.4 Å². The first kappa shape index (κ1) is 21.0. The largest absolute Gasteiger partial charge is 0.467 e. The number of carbonyl (C=O) groups excluding carboxylic acids is 1. The van der Waals surface area contributed by atoms with Crippen LogP contribution in [0, 0.1) is 6.92 Å². The van der Waals surface area contributed by atoms with Crippen molar-refractivity contribution < 1.29 is 19.0 Å². The van der Waals surface area contributed by atoms with E-state index in [0.717, 1.165) is 33.4 Å². The molecule has 1 amide bonds. The normalized spacial score (nSPS) is 15.8. The lowest BCUT2D eigenvalue weighted by molar-refractivity contribution is 0.0515. The van der Waals surface area contributed by atoms with E-state index < -0.39 is 6.09 Å². The number of thiazole rings is 1. The molecule has 0 radical (unpaired) electrons. The van der Waals surface area contributed by atoms with E-state index in [1.165, 1.54) is 0 Å². The summed E-state index contributed by atoms with van der Waals surface area (Å²) in [5.41, 5.74) is 7.63. The maximum Gasteiger partial charge on any atom is 0.404 e. The Labute approximate surface area is 183 Å². The van der Waals surface area contributed by atoms with Gasteiger partial charge in [-0.15, -0.1) is 21.5 Å². The SMILES string of the molecule is COCOc1cc(-c2cnc(C)s2)ccc1-c1ccc(N2CC[C@@H](OC(N)=O)C2)nn1. The first-order valence-corrected chi connectivity index (χ1v) is 10.6. The molecule has 2 aromatic heterocycles. The van der Waals surface area contributed by atoms with Crippen molar-refractivity contribution in [1.82, 2.24) is 15.2 Å². The van der Waals surface area contributed by atoms with Crippen molar-refractivity contribution in [3.05, 3.63) is 41.5 Å². The molecule has 0 unspecified atom stereocenters. The molecule has 1 aromatic carbocycles. The maximum absolute atomic E-state index is 11.0. The molecule has 3 aromatic rings. The molecule has 1 aliphatic rings. The van der Waals surface area contributed by atoms with Crippen molar-refractivity contribution in [1.29, 1.82) is 0 Å². The van der Waals surface area contributed by atoms with Crippen molar-refractivity contribution in [3.8, 4) is 27.4 Å². The lowest BCUT2D eigenvalue weighted by Crippen LogP contribution is -2.27. The van der Waals surface area contributed by atoms with Crippen LogP contribution in [-0.2, 0) is 9.47 Å². The summed E-state index contributed by atoms with van der Waals surface area (Å²) in [6.45, 7) is 3.36. The van der Waals surface area contributed by atoms with Gasteiger partial charge in [0.25, 0.3) is 0 Å². The molecule has 1 saturated heterocycles. The standard InChI is InChI=1S/C21H23N5O4S/c1-13-23-10-19(31-13)14-3-4-16(18(9-14)29-12-28-2)17-5-6-20(25-24-17)26-8-7-15(11-26)30-21(22)27/h3-6,9-10,15H,7-8,11-12H2,1-2H3,(H2,22,27)/t15-/m1/s1. The van der Waals surface area contributed by atoms with Gasteiger partial charge >= 0.3 is 6.09 Å². The molecular weight excluding hydrogens is 418 g/mol. The fourth-order valence-corrected chi connectivity index (χ4v) is 4.23. The van der Waals surface area contributed by atoms with E-state index in [1.54, 1.807) is 18.4 Å². The number of nitrogens with two attached hydrogens (primary N) is 1. The minimum absolute atomic E-state index is 0.124. The van der Waals surface area contributed by atoms with Crippen LogP contribution in [0.15, 0.2) is 36.5 Å². The Kier molecular flexibility index (Phi) is 6.28. The molecule has 1 fully saturated rings. The zero-order valence-corrected chi connectivity index (χ0v) is 18.1. The number of hydrogen-bond donors (Lipinski definition) is 1. The average Bonchev–Trinajstić information content (AvgIpc) is 3.41. The number of anilines is 1. The monoisotopic (exact) mass is 441 g/mol. The van der Waals surface area contributed by atoms with Gasteiger partial charge in [-0.05, 0) is 36.8 Å². The Balaban J connectivity index is 1.56. The van der Waals surface area contributed by atoms with E-state index in [0.29, 0.717) is 24.4 Å². The highest BCUT2D eigenvalue weighted by Crippen LogP contribution is 2.35. The minimum Gasteiger partial charge on any atom is -0.467 e. The molecule has 162 valence electrons. The van der Waals surface area contributed by atoms with Gasteiger partial charge in [-0.3, -0.25) is 0 Å². The predicted molar refractivity (Wildman–Crippen MR) is 117 cm³/mol. The van der Waals surface area contributed by atoms with Crippen molar-refractivity contribution in [3.63, 3.8) is 0 Å². The van der Waals surface area contributed by atoms with Gasteiger partial charge in [0.15, 0.2) is 12.6 Å². The van der Waals surface area contributed by atoms with Crippen molar-refractivity contribution in [2.75, 3.05) is 31.9 Å². The number of primary amides is 1. The number of hydrogen-bond acceptors (Lipinski definition) is 9. The van der Waals surface area contributed by atoms with E-state index in [4.69, 9.17) is 19.9 Å². The highest BCUT2D eigenvalue weighted by molar-refractivity contribution is 7.15. The van der Waals surface area contributed by atoms with E-state index in [2.05, 4.69) is 15.2 Å². The van der Waals surface area contributed by atoms with Gasteiger partial charge in [-0.1, -0.05) is 6.07 Å². The van der Waals surface area contributed by atoms with Crippen molar-refractivity contribution in [2.24, 2.45) is 5.73 Å². The Bertz CT molecular complexity index is 1060. The highest BCUT2D eigenvalue weighted by atomic mass is 32.1. The number of nitrogens with zero attached hydrogens (tertiary/aromatic N) is 4. The van der Waals surface area contributed by atoms with Crippen LogP contribution in [0.25, 0.3) is 21.7 Å². The van der Waals surface area contributed by atoms with Crippen LogP contribution in [0.3, 0.4) is 0 Å². The number of aromatic nitrogens is 3. The van der Waals surface area contributed by atoms with Gasteiger partial charge in [0.1, 0.15) is 11.9 Å². The van der Waals surface area contributed by atoms with Crippen LogP contribution in [0.2, 0.25) is 0 Å². The van der Waals surface area contributed by atoms with Gasteiger partial charge in [0, 0.05) is 31.8 Å². The van der Waals surface area contributed by atoms with Gasteiger partial charge in [-0.2, -0.15) is 0 Å². The summed E-state index contributed by atoms with van der Waals surface area (Å²) < 4.78 is 16.0. The Morgan fingerprint density at radius 1 is 1.29 bits per heavy atom. The molecule has 0 aliphatic carbocycles. The van der Waals surface area contributed by atoms with Crippen LogP contribution >= 0.6 is 11.3 Å². The lowest BCUT2D eigenvalue weighted by atomic mass is 10.1. The average molecular weight is 442 g/mol. The highest BCUT2D eigenvalue weighted by Gasteiger charge is 2.26. The lowest BCUT2D eigenvalue weighted by Gasteiger charge is -2.17. The summed E-state index contributed by atoms with van der Waals surface area (Å²) in [6.07, 6.45) is 1.58. The second-order valence-corrected chi connectivity index (χ2v) is 8.31. The molecule has 3 heterocycles. The molecule has 1 aliphatic heterocycles. The zero-order chi connectivity index (χ0) is 21.8. The second-order valence-electron chi connectivity index (χ2n) is 7.08. The van der Waals surface area contributed by atoms with Crippen LogP contribution in [0.4, 0.5) is 10.6 Å². The molecule has 10 heteroatoms. The van der Waals surface area contributed by atoms with E-state index in [-0.39, 0.29) is 12.9 Å². The van der Waals surface area contributed by atoms with Gasteiger partial charge < -0.3 is 24.8 Å². The third kappa shape index (κ3) is 4.92. The summed E-state index contributed by atoms with van der Waals surface area (Å²) in [5.74, 6) is 1.37. The van der Waals surface area contributed by atoms with Crippen LogP contribution in [0.5, 0.6) is 5.75 Å². The van der Waals surface area contributed by atoms with Gasteiger partial charge in [0.05, 0.1) is 22.1 Å².